The lowest BCUT2D eigenvalue weighted by molar-refractivity contribution is 0.0743. The molecule has 1 aliphatic rings. The molecule has 1 aromatic heterocycles. The maximum absolute atomic E-state index is 6.07. The number of hydrogen-bond acceptors (Lipinski definition) is 4. The third kappa shape index (κ3) is 2.35. The molecule has 1 fully saturated rings. The van der Waals surface area contributed by atoms with Crippen LogP contribution in [0.25, 0.3) is 11.0 Å². The summed E-state index contributed by atoms with van der Waals surface area (Å²) in [5, 5.41) is 1.19. The summed E-state index contributed by atoms with van der Waals surface area (Å²) in [7, 11) is 2.19. The minimum Gasteiger partial charge on any atom is -0.464 e. The Morgan fingerprint density at radius 1 is 1.35 bits per heavy atom. The molecule has 20 heavy (non-hydrogen) atoms. The number of furan rings is 1. The van der Waals surface area contributed by atoms with E-state index in [2.05, 4.69) is 35.9 Å². The average molecular weight is 273 g/mol. The number of likely N-dealkylation sites (N-methyl/N-ethyl adjacent to an activating group) is 1. The molecular formula is C16H23N3O. The van der Waals surface area contributed by atoms with Crippen molar-refractivity contribution >= 4 is 11.0 Å². The van der Waals surface area contributed by atoms with E-state index >= 15 is 0 Å². The van der Waals surface area contributed by atoms with Gasteiger partial charge >= 0.3 is 0 Å². The Bertz CT molecular complexity index is 580. The van der Waals surface area contributed by atoms with Gasteiger partial charge in [0.25, 0.3) is 0 Å². The molecule has 2 atom stereocenters. The van der Waals surface area contributed by atoms with Crippen molar-refractivity contribution in [2.24, 2.45) is 5.73 Å². The van der Waals surface area contributed by atoms with E-state index < -0.39 is 0 Å². The van der Waals surface area contributed by atoms with Gasteiger partial charge in [-0.15, -0.1) is 0 Å². The molecule has 2 unspecified atom stereocenters. The first-order valence-electron chi connectivity index (χ1n) is 7.31. The molecule has 3 rings (SSSR count). The van der Waals surface area contributed by atoms with Crippen LogP contribution in [-0.2, 0) is 0 Å². The summed E-state index contributed by atoms with van der Waals surface area (Å²) in [6.07, 6.45) is 1.88. The fourth-order valence-electron chi connectivity index (χ4n) is 3.09. The van der Waals surface area contributed by atoms with Gasteiger partial charge in [0, 0.05) is 43.2 Å². The van der Waals surface area contributed by atoms with Crippen LogP contribution < -0.4 is 5.73 Å². The SMILES string of the molecule is CC1CN(C(CN)c2coc3ccccc23)CCN1C. The molecule has 0 bridgehead atoms. The Hall–Kier alpha value is -1.36. The number of benzene rings is 1. The van der Waals surface area contributed by atoms with Crippen molar-refractivity contribution in [3.8, 4) is 0 Å². The number of hydrogen-bond donors (Lipinski definition) is 1. The quantitative estimate of drug-likeness (QED) is 0.930. The molecule has 1 saturated heterocycles. The molecule has 2 heterocycles. The van der Waals surface area contributed by atoms with Crippen molar-refractivity contribution < 1.29 is 4.42 Å². The molecular weight excluding hydrogens is 250 g/mol. The maximum Gasteiger partial charge on any atom is 0.134 e. The third-order valence-electron chi connectivity index (χ3n) is 4.53. The molecule has 4 heteroatoms. The molecule has 4 nitrogen and oxygen atoms in total. The van der Waals surface area contributed by atoms with Crippen molar-refractivity contribution in [1.82, 2.24) is 9.80 Å². The monoisotopic (exact) mass is 273 g/mol. The summed E-state index contributed by atoms with van der Waals surface area (Å²) in [4.78, 5) is 4.89. The van der Waals surface area contributed by atoms with Crippen LogP contribution in [0.1, 0.15) is 18.5 Å². The van der Waals surface area contributed by atoms with E-state index in [1.165, 1.54) is 10.9 Å². The fourth-order valence-corrected chi connectivity index (χ4v) is 3.09. The van der Waals surface area contributed by atoms with Crippen LogP contribution >= 0.6 is 0 Å². The second-order valence-electron chi connectivity index (χ2n) is 5.76. The normalized spacial score (nSPS) is 23.2. The summed E-state index contributed by atoms with van der Waals surface area (Å²) < 4.78 is 5.68. The predicted molar refractivity (Wildman–Crippen MR) is 81.7 cm³/mol. The molecule has 0 aliphatic carbocycles. The smallest absolute Gasteiger partial charge is 0.134 e. The maximum atomic E-state index is 6.07. The largest absolute Gasteiger partial charge is 0.464 e. The fraction of sp³-hybridized carbons (Fsp3) is 0.500. The number of fused-ring (bicyclic) bond motifs is 1. The van der Waals surface area contributed by atoms with Crippen LogP contribution in [0.3, 0.4) is 0 Å². The lowest BCUT2D eigenvalue weighted by Crippen LogP contribution is -2.52. The summed E-state index contributed by atoms with van der Waals surface area (Å²) in [6, 6.07) is 9.01. The first-order chi connectivity index (χ1) is 9.70. The van der Waals surface area contributed by atoms with Crippen LogP contribution in [0.4, 0.5) is 0 Å². The summed E-state index contributed by atoms with van der Waals surface area (Å²) in [5.74, 6) is 0. The molecule has 1 aromatic carbocycles. The zero-order valence-electron chi connectivity index (χ0n) is 12.2. The number of nitrogens with two attached hydrogens (primary N) is 1. The van der Waals surface area contributed by atoms with Gasteiger partial charge in [-0.05, 0) is 20.0 Å². The summed E-state index contributed by atoms with van der Waals surface area (Å²) >= 11 is 0. The lowest BCUT2D eigenvalue weighted by Gasteiger charge is -2.41. The van der Waals surface area contributed by atoms with E-state index in [0.29, 0.717) is 12.6 Å². The van der Waals surface area contributed by atoms with Gasteiger partial charge < -0.3 is 15.1 Å². The van der Waals surface area contributed by atoms with Gasteiger partial charge in [0.05, 0.1) is 12.3 Å². The van der Waals surface area contributed by atoms with E-state index in [9.17, 15) is 0 Å². The van der Waals surface area contributed by atoms with Gasteiger partial charge in [0.2, 0.25) is 0 Å². The van der Waals surface area contributed by atoms with Crippen molar-refractivity contribution in [2.75, 3.05) is 33.2 Å². The Morgan fingerprint density at radius 3 is 2.90 bits per heavy atom. The lowest BCUT2D eigenvalue weighted by atomic mass is 10.0. The summed E-state index contributed by atoms with van der Waals surface area (Å²) in [6.45, 7) is 6.10. The van der Waals surface area contributed by atoms with Crippen LogP contribution in [0.2, 0.25) is 0 Å². The number of nitrogens with zero attached hydrogens (tertiary/aromatic N) is 2. The van der Waals surface area contributed by atoms with E-state index in [4.69, 9.17) is 10.2 Å². The van der Waals surface area contributed by atoms with Crippen molar-refractivity contribution in [3.63, 3.8) is 0 Å². The Morgan fingerprint density at radius 2 is 2.15 bits per heavy atom. The standard InChI is InChI=1S/C16H23N3O/c1-12-10-19(8-7-18(12)2)15(9-17)14-11-20-16-6-4-3-5-13(14)16/h3-6,11-12,15H,7-10,17H2,1-2H3. The van der Waals surface area contributed by atoms with Gasteiger partial charge in [-0.1, -0.05) is 18.2 Å². The molecule has 1 aliphatic heterocycles. The van der Waals surface area contributed by atoms with E-state index in [1.807, 2.05) is 18.4 Å². The van der Waals surface area contributed by atoms with E-state index in [0.717, 1.165) is 25.2 Å². The molecule has 108 valence electrons. The molecule has 0 saturated carbocycles. The zero-order chi connectivity index (χ0) is 14.1. The Balaban J connectivity index is 1.90. The van der Waals surface area contributed by atoms with Crippen molar-refractivity contribution in [2.45, 2.75) is 19.0 Å². The Kier molecular flexibility index (Phi) is 3.78. The highest BCUT2D eigenvalue weighted by Crippen LogP contribution is 2.30. The zero-order valence-corrected chi connectivity index (χ0v) is 12.2. The minimum atomic E-state index is 0.245. The topological polar surface area (TPSA) is 45.6 Å². The second-order valence-corrected chi connectivity index (χ2v) is 5.76. The van der Waals surface area contributed by atoms with Crippen molar-refractivity contribution in [1.29, 1.82) is 0 Å². The summed E-state index contributed by atoms with van der Waals surface area (Å²) in [5.41, 5.74) is 8.24. The highest BCUT2D eigenvalue weighted by molar-refractivity contribution is 5.81. The number of piperazine rings is 1. The van der Waals surface area contributed by atoms with Gasteiger partial charge in [-0.3, -0.25) is 4.90 Å². The van der Waals surface area contributed by atoms with E-state index in [-0.39, 0.29) is 6.04 Å². The first-order valence-corrected chi connectivity index (χ1v) is 7.31. The second kappa shape index (κ2) is 5.56. The minimum absolute atomic E-state index is 0.245. The number of para-hydroxylation sites is 1. The van der Waals surface area contributed by atoms with Gasteiger partial charge in [0.1, 0.15) is 5.58 Å². The van der Waals surface area contributed by atoms with Gasteiger partial charge in [0.15, 0.2) is 0 Å². The van der Waals surface area contributed by atoms with E-state index in [1.54, 1.807) is 0 Å². The Labute approximate surface area is 120 Å². The van der Waals surface area contributed by atoms with Crippen LogP contribution in [0.15, 0.2) is 34.9 Å². The van der Waals surface area contributed by atoms with Crippen LogP contribution in [-0.4, -0.2) is 49.1 Å². The molecule has 0 radical (unpaired) electrons. The van der Waals surface area contributed by atoms with Crippen LogP contribution in [0, 0.1) is 0 Å². The molecule has 2 aromatic rings. The first kappa shape index (κ1) is 13.6. The van der Waals surface area contributed by atoms with Gasteiger partial charge in [-0.2, -0.15) is 0 Å². The highest BCUT2D eigenvalue weighted by atomic mass is 16.3. The van der Waals surface area contributed by atoms with Crippen LogP contribution in [0.5, 0.6) is 0 Å². The predicted octanol–water partition coefficient (Wildman–Crippen LogP) is 2.07. The van der Waals surface area contributed by atoms with Gasteiger partial charge in [-0.25, -0.2) is 0 Å². The molecule has 2 N–H and O–H groups in total. The highest BCUT2D eigenvalue weighted by Gasteiger charge is 2.28. The molecule has 0 spiro atoms. The number of rotatable bonds is 3. The van der Waals surface area contributed by atoms with Crippen molar-refractivity contribution in [3.05, 3.63) is 36.1 Å². The third-order valence-corrected chi connectivity index (χ3v) is 4.53. The molecule has 0 amide bonds. The average Bonchev–Trinajstić information content (AvgIpc) is 2.88.